The summed E-state index contributed by atoms with van der Waals surface area (Å²) in [5.74, 6) is 0.680. The Morgan fingerprint density at radius 3 is 2.52 bits per heavy atom. The van der Waals surface area contributed by atoms with Gasteiger partial charge in [0.05, 0.1) is 18.4 Å². The van der Waals surface area contributed by atoms with E-state index in [1.807, 2.05) is 44.7 Å². The molecule has 2 unspecified atom stereocenters. The van der Waals surface area contributed by atoms with Crippen LogP contribution in [0.5, 0.6) is 0 Å². The highest BCUT2D eigenvalue weighted by molar-refractivity contribution is 5.96. The van der Waals surface area contributed by atoms with Gasteiger partial charge >= 0.3 is 6.09 Å². The first-order valence-corrected chi connectivity index (χ1v) is 10.8. The molecule has 3 aliphatic rings. The van der Waals surface area contributed by atoms with Gasteiger partial charge in [-0.25, -0.2) is 9.78 Å². The lowest BCUT2D eigenvalue weighted by Crippen LogP contribution is -2.65. The number of nitrogens with zero attached hydrogens (tertiary/aromatic N) is 5. The lowest BCUT2D eigenvalue weighted by Gasteiger charge is -2.57. The van der Waals surface area contributed by atoms with Crippen LogP contribution in [0, 0.1) is 18.8 Å². The number of amides is 2. The number of pyridine rings is 1. The predicted molar refractivity (Wildman–Crippen MR) is 114 cm³/mol. The molecule has 9 nitrogen and oxygen atoms in total. The van der Waals surface area contributed by atoms with Crippen LogP contribution in [0.4, 0.5) is 4.79 Å². The quantitative estimate of drug-likeness (QED) is 0.807. The molecule has 166 valence electrons. The van der Waals surface area contributed by atoms with Crippen LogP contribution in [0.1, 0.15) is 56.7 Å². The van der Waals surface area contributed by atoms with Crippen LogP contribution < -0.4 is 5.32 Å². The molecule has 1 aliphatic carbocycles. The van der Waals surface area contributed by atoms with E-state index in [2.05, 4.69) is 27.4 Å². The van der Waals surface area contributed by atoms with Gasteiger partial charge in [0.15, 0.2) is 5.69 Å². The normalized spacial score (nSPS) is 25.0. The van der Waals surface area contributed by atoms with E-state index in [1.165, 1.54) is 4.80 Å². The fraction of sp³-hybridized carbons (Fsp3) is 0.591. The van der Waals surface area contributed by atoms with Crippen LogP contribution in [0.25, 0.3) is 5.69 Å². The van der Waals surface area contributed by atoms with Gasteiger partial charge in [-0.15, -0.1) is 4.80 Å². The number of carbonyl (C=O) groups is 2. The molecule has 2 saturated heterocycles. The summed E-state index contributed by atoms with van der Waals surface area (Å²) in [7, 11) is 0. The average Bonchev–Trinajstić information content (AvgIpc) is 3.18. The van der Waals surface area contributed by atoms with Crippen molar-refractivity contribution in [1.29, 1.82) is 0 Å². The van der Waals surface area contributed by atoms with Crippen LogP contribution in [0.3, 0.4) is 0 Å². The molecule has 3 fully saturated rings. The highest BCUT2D eigenvalue weighted by Crippen LogP contribution is 2.46. The molecule has 2 bridgehead atoms. The minimum atomic E-state index is -0.572. The zero-order chi connectivity index (χ0) is 22.3. The molecule has 2 aliphatic heterocycles. The van der Waals surface area contributed by atoms with Crippen molar-refractivity contribution in [3.63, 3.8) is 0 Å². The number of rotatable bonds is 4. The maximum Gasteiger partial charge on any atom is 0.407 e. The first kappa shape index (κ1) is 21.3. The maximum atomic E-state index is 13.8. The van der Waals surface area contributed by atoms with Crippen LogP contribution in [-0.4, -0.2) is 61.1 Å². The summed E-state index contributed by atoms with van der Waals surface area (Å²) in [6, 6.07) is 3.69. The van der Waals surface area contributed by atoms with Gasteiger partial charge in [0, 0.05) is 18.3 Å². The Kier molecular flexibility index (Phi) is 5.45. The third kappa shape index (κ3) is 4.26. The van der Waals surface area contributed by atoms with Crippen LogP contribution in [0.15, 0.2) is 24.5 Å². The molecule has 2 aromatic rings. The summed E-state index contributed by atoms with van der Waals surface area (Å²) < 4.78 is 5.38. The molecular formula is C22H30N6O3. The Hall–Kier alpha value is -2.97. The van der Waals surface area contributed by atoms with Crippen LogP contribution >= 0.6 is 0 Å². The van der Waals surface area contributed by atoms with Gasteiger partial charge in [-0.3, -0.25) is 4.79 Å². The zero-order valence-corrected chi connectivity index (χ0v) is 18.7. The fourth-order valence-corrected chi connectivity index (χ4v) is 4.56. The maximum absolute atomic E-state index is 13.8. The number of piperidine rings is 2. The molecule has 1 saturated carbocycles. The Balaban J connectivity index is 1.60. The Morgan fingerprint density at radius 2 is 1.87 bits per heavy atom. The Labute approximate surface area is 182 Å². The lowest BCUT2D eigenvalue weighted by atomic mass is 9.64. The summed E-state index contributed by atoms with van der Waals surface area (Å²) in [6.45, 7) is 9.84. The molecule has 9 heteroatoms. The summed E-state index contributed by atoms with van der Waals surface area (Å²) in [5, 5.41) is 11.2. The molecule has 5 rings (SSSR count). The molecule has 2 atom stereocenters. The van der Waals surface area contributed by atoms with Gasteiger partial charge < -0.3 is 15.0 Å². The van der Waals surface area contributed by atoms with Gasteiger partial charge in [0.25, 0.3) is 5.91 Å². The van der Waals surface area contributed by atoms with E-state index in [-0.39, 0.29) is 23.9 Å². The van der Waals surface area contributed by atoms with E-state index in [1.54, 1.807) is 12.4 Å². The standard InChI is InChI=1S/C22H30N6O3/c1-13-6-7-17(28-24-8-9-25-28)19(26-13)20(29)27-16-10-15(11-16)14(2)18(27)12-23-21(30)31-22(3,4)5/h6-9,14-16,18H,10-12H2,1-5H3,(H,23,30). The second kappa shape index (κ2) is 7.94. The van der Waals surface area contributed by atoms with E-state index in [0.717, 1.165) is 18.5 Å². The van der Waals surface area contributed by atoms with E-state index >= 15 is 0 Å². The largest absolute Gasteiger partial charge is 0.444 e. The minimum Gasteiger partial charge on any atom is -0.444 e. The first-order chi connectivity index (χ1) is 14.6. The average molecular weight is 427 g/mol. The van der Waals surface area contributed by atoms with E-state index in [9.17, 15) is 9.59 Å². The van der Waals surface area contributed by atoms with Crippen molar-refractivity contribution < 1.29 is 14.3 Å². The molecule has 31 heavy (non-hydrogen) atoms. The minimum absolute atomic E-state index is 0.127. The fourth-order valence-electron chi connectivity index (χ4n) is 4.56. The van der Waals surface area contributed by atoms with Gasteiger partial charge in [-0.2, -0.15) is 10.2 Å². The monoisotopic (exact) mass is 426 g/mol. The van der Waals surface area contributed by atoms with Crippen molar-refractivity contribution in [2.75, 3.05) is 6.54 Å². The molecule has 2 amide bonds. The number of aryl methyl sites for hydroxylation is 1. The molecule has 2 aromatic heterocycles. The Morgan fingerprint density at radius 1 is 1.19 bits per heavy atom. The van der Waals surface area contributed by atoms with Crippen molar-refractivity contribution in [3.8, 4) is 5.69 Å². The second-order valence-electron chi connectivity index (χ2n) is 9.55. The van der Waals surface area contributed by atoms with Gasteiger partial charge in [0.2, 0.25) is 0 Å². The number of hydrogen-bond acceptors (Lipinski definition) is 6. The molecule has 0 spiro atoms. The number of carbonyl (C=O) groups excluding carboxylic acids is 2. The third-order valence-corrected chi connectivity index (χ3v) is 6.19. The van der Waals surface area contributed by atoms with E-state index in [4.69, 9.17) is 4.74 Å². The van der Waals surface area contributed by atoms with Crippen molar-refractivity contribution >= 4 is 12.0 Å². The highest BCUT2D eigenvalue weighted by Gasteiger charge is 2.51. The molecule has 4 heterocycles. The van der Waals surface area contributed by atoms with Crippen LogP contribution in [0.2, 0.25) is 0 Å². The SMILES string of the molecule is Cc1ccc(-n2nccn2)c(C(=O)N2C3CC(C3)C(C)C2CNC(=O)OC(C)(C)C)n1. The number of ether oxygens (including phenoxy) is 1. The third-order valence-electron chi connectivity index (χ3n) is 6.19. The number of aromatic nitrogens is 4. The Bertz CT molecular complexity index is 962. The molecular weight excluding hydrogens is 396 g/mol. The summed E-state index contributed by atoms with van der Waals surface area (Å²) in [5.41, 5.74) is 1.06. The predicted octanol–water partition coefficient (Wildman–Crippen LogP) is 2.73. The second-order valence-corrected chi connectivity index (χ2v) is 9.55. The summed E-state index contributed by atoms with van der Waals surface area (Å²) in [4.78, 5) is 33.9. The smallest absolute Gasteiger partial charge is 0.407 e. The first-order valence-electron chi connectivity index (χ1n) is 10.8. The van der Waals surface area contributed by atoms with Gasteiger partial charge in [-0.1, -0.05) is 6.92 Å². The van der Waals surface area contributed by atoms with Crippen LogP contribution in [-0.2, 0) is 4.74 Å². The topological polar surface area (TPSA) is 102 Å². The number of fused-ring (bicyclic) bond motifs is 2. The van der Waals surface area contributed by atoms with Gasteiger partial charge in [-0.05, 0) is 64.5 Å². The van der Waals surface area contributed by atoms with Crippen molar-refractivity contribution in [1.82, 2.24) is 30.2 Å². The van der Waals surface area contributed by atoms with E-state index in [0.29, 0.717) is 23.8 Å². The van der Waals surface area contributed by atoms with Crippen molar-refractivity contribution in [3.05, 3.63) is 35.9 Å². The summed E-state index contributed by atoms with van der Waals surface area (Å²) in [6.07, 6.45) is 4.64. The summed E-state index contributed by atoms with van der Waals surface area (Å²) >= 11 is 0. The number of alkyl carbamates (subject to hydrolysis) is 1. The van der Waals surface area contributed by atoms with Crippen molar-refractivity contribution in [2.45, 2.75) is 65.1 Å². The van der Waals surface area contributed by atoms with E-state index < -0.39 is 11.7 Å². The number of hydrogen-bond donors (Lipinski definition) is 1. The zero-order valence-electron chi connectivity index (χ0n) is 18.7. The molecule has 0 aromatic carbocycles. The molecule has 1 N–H and O–H groups in total. The number of nitrogens with one attached hydrogen (secondary N) is 1. The molecule has 0 radical (unpaired) electrons. The van der Waals surface area contributed by atoms with Gasteiger partial charge in [0.1, 0.15) is 11.3 Å². The highest BCUT2D eigenvalue weighted by atomic mass is 16.6. The van der Waals surface area contributed by atoms with Crippen molar-refractivity contribution in [2.24, 2.45) is 11.8 Å². The lowest BCUT2D eigenvalue weighted by molar-refractivity contribution is -0.0547.